The van der Waals surface area contributed by atoms with Crippen molar-refractivity contribution in [3.8, 4) is 12.6 Å². The normalized spacial score (nSPS) is 16.7. The largest absolute Gasteiger partial charge is 0.386 e. The molecule has 0 aliphatic heterocycles. The van der Waals surface area contributed by atoms with Crippen molar-refractivity contribution in [3.63, 3.8) is 0 Å². The summed E-state index contributed by atoms with van der Waals surface area (Å²) in [5.74, 6) is 2.54. The molecule has 1 amide bonds. The number of carbonyl (C=O) groups is 1. The van der Waals surface area contributed by atoms with Gasteiger partial charge in [0.15, 0.2) is 0 Å². The van der Waals surface area contributed by atoms with Crippen molar-refractivity contribution in [1.29, 1.82) is 10.5 Å². The molecule has 0 saturated heterocycles. The molecule has 1 aromatic rings. The van der Waals surface area contributed by atoms with Gasteiger partial charge in [0.2, 0.25) is 5.91 Å². The van der Waals surface area contributed by atoms with E-state index in [0.29, 0.717) is 23.2 Å². The Kier molecular flexibility index (Phi) is 40.9. The first kappa shape index (κ1) is 58.8. The van der Waals surface area contributed by atoms with Crippen molar-refractivity contribution in [2.24, 2.45) is 28.7 Å². The molecular formula is C47H84N4O2. The van der Waals surface area contributed by atoms with Crippen molar-refractivity contribution in [2.75, 3.05) is 7.05 Å². The molecule has 0 bridgehead atoms. The predicted molar refractivity (Wildman–Crippen MR) is 235 cm³/mol. The number of hydrogen-bond acceptors (Lipinski definition) is 5. The van der Waals surface area contributed by atoms with Crippen LogP contribution in [0, 0.1) is 60.7 Å². The molecule has 304 valence electrons. The van der Waals surface area contributed by atoms with E-state index in [2.05, 4.69) is 106 Å². The molecule has 2 rings (SSSR count). The monoisotopic (exact) mass is 737 g/mol. The summed E-state index contributed by atoms with van der Waals surface area (Å²) >= 11 is 0. The summed E-state index contributed by atoms with van der Waals surface area (Å²) in [5, 5.41) is 25.2. The minimum Gasteiger partial charge on any atom is -0.386 e. The van der Waals surface area contributed by atoms with Gasteiger partial charge < -0.3 is 10.0 Å². The number of unbranched alkanes of at least 4 members (excludes halogenated alkanes) is 1. The smallest absolute Gasteiger partial charge is 0.230 e. The van der Waals surface area contributed by atoms with E-state index in [-0.39, 0.29) is 11.8 Å². The number of aryl methyl sites for hydroxylation is 2. The zero-order valence-corrected chi connectivity index (χ0v) is 37.9. The molecule has 1 aliphatic rings. The Hall–Kier alpha value is -3.48. The summed E-state index contributed by atoms with van der Waals surface area (Å²) in [4.78, 5) is 18.9. The van der Waals surface area contributed by atoms with E-state index >= 15 is 0 Å². The molecule has 1 saturated carbocycles. The van der Waals surface area contributed by atoms with Crippen LogP contribution in [-0.4, -0.2) is 34.8 Å². The summed E-state index contributed by atoms with van der Waals surface area (Å²) in [5.41, 5.74) is 4.08. The van der Waals surface area contributed by atoms with Gasteiger partial charge in [-0.2, -0.15) is 5.26 Å². The number of hydrogen-bond donors (Lipinski definition) is 1. The van der Waals surface area contributed by atoms with Crippen molar-refractivity contribution in [3.05, 3.63) is 70.6 Å². The molecule has 0 radical (unpaired) electrons. The zero-order valence-electron chi connectivity index (χ0n) is 37.9. The second kappa shape index (κ2) is 36.9. The molecule has 1 fully saturated rings. The Morgan fingerprint density at radius 1 is 1.06 bits per heavy atom. The summed E-state index contributed by atoms with van der Waals surface area (Å²) in [6.07, 6.45) is 17.0. The van der Waals surface area contributed by atoms with E-state index < -0.39 is 5.60 Å². The highest BCUT2D eigenvalue weighted by Crippen LogP contribution is 2.37. The first-order chi connectivity index (χ1) is 24.9. The maximum absolute atomic E-state index is 12.9. The summed E-state index contributed by atoms with van der Waals surface area (Å²) in [6, 6.07) is 6.08. The van der Waals surface area contributed by atoms with E-state index in [1.807, 2.05) is 52.8 Å². The Balaban J connectivity index is -0.000000225. The van der Waals surface area contributed by atoms with E-state index in [1.54, 1.807) is 25.8 Å². The maximum Gasteiger partial charge on any atom is 0.230 e. The average molecular weight is 737 g/mol. The molecule has 0 heterocycles. The third-order valence-corrected chi connectivity index (χ3v) is 9.06. The van der Waals surface area contributed by atoms with Gasteiger partial charge in [-0.3, -0.25) is 4.79 Å². The first-order valence-corrected chi connectivity index (χ1v) is 20.2. The second-order valence-electron chi connectivity index (χ2n) is 13.9. The number of carbonyl (C=O) groups excluding carboxylic acids is 1. The molecule has 1 aromatic carbocycles. The first-order valence-electron chi connectivity index (χ1n) is 20.2. The van der Waals surface area contributed by atoms with Crippen LogP contribution in [0.25, 0.3) is 0 Å². The molecule has 0 spiro atoms. The number of benzene rings is 1. The van der Waals surface area contributed by atoms with Crippen LogP contribution in [0.1, 0.15) is 171 Å². The lowest BCUT2D eigenvalue weighted by Crippen LogP contribution is -2.37. The molecule has 53 heavy (non-hydrogen) atoms. The fraction of sp³-hybridized carbons (Fsp3) is 0.660. The van der Waals surface area contributed by atoms with Gasteiger partial charge in [0.25, 0.3) is 0 Å². The van der Waals surface area contributed by atoms with Crippen LogP contribution >= 0.6 is 0 Å². The maximum atomic E-state index is 12.9. The Morgan fingerprint density at radius 3 is 1.91 bits per heavy atom. The number of nitriles is 2. The van der Waals surface area contributed by atoms with E-state index in [4.69, 9.17) is 10.5 Å². The molecular weight excluding hydrogens is 653 g/mol. The number of allylic oxidation sites excluding steroid dienone is 3. The summed E-state index contributed by atoms with van der Waals surface area (Å²) in [6.45, 7) is 42.2. The third kappa shape index (κ3) is 27.7. The molecule has 0 aromatic heterocycles. The number of aliphatic hydroxyl groups is 1. The van der Waals surface area contributed by atoms with E-state index in [9.17, 15) is 9.90 Å². The van der Waals surface area contributed by atoms with E-state index in [0.717, 1.165) is 37.2 Å². The van der Waals surface area contributed by atoms with Crippen molar-refractivity contribution in [2.45, 2.75) is 175 Å². The topological polar surface area (TPSA) is 100 Å². The Bertz CT molecular complexity index is 1230. The average Bonchev–Trinajstić information content (AvgIpc) is 3.15. The fourth-order valence-electron chi connectivity index (χ4n) is 4.92. The van der Waals surface area contributed by atoms with Crippen LogP contribution in [0.2, 0.25) is 0 Å². The van der Waals surface area contributed by atoms with Crippen molar-refractivity contribution in [1.82, 2.24) is 4.90 Å². The molecule has 6 nitrogen and oxygen atoms in total. The standard InChI is InChI=1S/C21H36N2O2.C11H13N.C5H10.C4H10.C3H8.C2H6.CHN/c1-9-19(22-13-16(4)21(6,7)25)23(8)20(24)17(5)18-11-10-14(2)15(3)12-18;1-4-11-6-10(7-12)5-8(2)9(11)3;1-3-5-4-2;1-3-4-2;1-3-2;2*1-2/h9,13-15,17-18,25H,4,10-12H2,1-3,5-8H3;5-6H,4H2,1-3H3;3,5H,4H2,1-2H3;3-4H2,1-2H3;3H2,1-2H3;1-2H3;1H/b19-9+,22-13-;;5-3-;;;;. The SMILES string of the molecule is C#N.C/C=C\CC.C=C(/C=N\C(=C/C)N(C)C(=O)C(C)C1CCC(C)C(C)C1)C(C)(C)O.CC.CCC.CCCC.CCc1cc(C#N)cc(C)c1C. The Labute approximate surface area is 330 Å². The third-order valence-electron chi connectivity index (χ3n) is 9.06. The fourth-order valence-corrected chi connectivity index (χ4v) is 4.92. The number of rotatable bonds is 9. The minimum atomic E-state index is -1.02. The minimum absolute atomic E-state index is 0.0115. The van der Waals surface area contributed by atoms with Crippen LogP contribution < -0.4 is 0 Å². The molecule has 6 heteroatoms. The molecule has 1 N–H and O–H groups in total. The number of nitrogens with zero attached hydrogens (tertiary/aromatic N) is 4. The van der Waals surface area contributed by atoms with Gasteiger partial charge in [-0.25, -0.2) is 10.3 Å². The lowest BCUT2D eigenvalue weighted by atomic mass is 9.71. The zero-order chi connectivity index (χ0) is 42.7. The second-order valence-corrected chi connectivity index (χ2v) is 13.9. The lowest BCUT2D eigenvalue weighted by Gasteiger charge is -2.36. The van der Waals surface area contributed by atoms with Crippen molar-refractivity contribution >= 4 is 12.1 Å². The van der Waals surface area contributed by atoms with Crippen molar-refractivity contribution < 1.29 is 9.90 Å². The van der Waals surface area contributed by atoms with Gasteiger partial charge in [-0.05, 0) is 125 Å². The van der Waals surface area contributed by atoms with Gasteiger partial charge >= 0.3 is 0 Å². The van der Waals surface area contributed by atoms with Gasteiger partial charge in [0.05, 0.1) is 17.2 Å². The van der Waals surface area contributed by atoms with E-state index in [1.165, 1.54) is 48.6 Å². The number of amides is 1. The van der Waals surface area contributed by atoms with Crippen LogP contribution in [0.15, 0.2) is 53.3 Å². The highest BCUT2D eigenvalue weighted by molar-refractivity contribution is 5.83. The van der Waals surface area contributed by atoms with Crippen LogP contribution in [0.3, 0.4) is 0 Å². The highest BCUT2D eigenvalue weighted by atomic mass is 16.3. The van der Waals surface area contributed by atoms with Crippen LogP contribution in [0.5, 0.6) is 0 Å². The highest BCUT2D eigenvalue weighted by Gasteiger charge is 2.33. The quantitative estimate of drug-likeness (QED) is 0.201. The number of aliphatic imine (C=N–C) groups is 1. The van der Waals surface area contributed by atoms with Crippen LogP contribution in [0.4, 0.5) is 0 Å². The predicted octanol–water partition coefficient (Wildman–Crippen LogP) is 13.5. The molecule has 4 atom stereocenters. The van der Waals surface area contributed by atoms with Gasteiger partial charge in [-0.15, -0.1) is 0 Å². The Morgan fingerprint density at radius 2 is 1.57 bits per heavy atom. The lowest BCUT2D eigenvalue weighted by molar-refractivity contribution is -0.134. The molecule has 1 aliphatic carbocycles. The summed E-state index contributed by atoms with van der Waals surface area (Å²) < 4.78 is 0. The molecule has 4 unspecified atom stereocenters. The van der Waals surface area contributed by atoms with Gasteiger partial charge in [0.1, 0.15) is 5.82 Å². The van der Waals surface area contributed by atoms with Crippen LogP contribution in [-0.2, 0) is 11.2 Å². The summed E-state index contributed by atoms with van der Waals surface area (Å²) in [7, 11) is 1.77. The van der Waals surface area contributed by atoms with Gasteiger partial charge in [-0.1, -0.05) is 121 Å². The van der Waals surface area contributed by atoms with Gasteiger partial charge in [0, 0.05) is 25.8 Å².